The third kappa shape index (κ3) is 4.84. The van der Waals surface area contributed by atoms with Gasteiger partial charge >= 0.3 is 0 Å². The van der Waals surface area contributed by atoms with Crippen LogP contribution in [0.2, 0.25) is 5.02 Å². The third-order valence-corrected chi connectivity index (χ3v) is 2.91. The molecule has 0 aliphatic heterocycles. The number of para-hydroxylation sites is 1. The fraction of sp³-hybridized carbons (Fsp3) is 0.571. The van der Waals surface area contributed by atoms with Crippen LogP contribution in [0.1, 0.15) is 26.3 Å². The minimum absolute atomic E-state index is 0.0483. The summed E-state index contributed by atoms with van der Waals surface area (Å²) in [6.45, 7) is 7.42. The second-order valence-electron chi connectivity index (χ2n) is 4.62. The molecule has 4 heteroatoms. The van der Waals surface area contributed by atoms with Crippen LogP contribution in [0.5, 0.6) is 5.75 Å². The van der Waals surface area contributed by atoms with E-state index in [1.54, 1.807) is 7.11 Å². The van der Waals surface area contributed by atoms with Crippen molar-refractivity contribution in [3.05, 3.63) is 28.8 Å². The summed E-state index contributed by atoms with van der Waals surface area (Å²) in [5.74, 6) is 0.746. The number of ether oxygens (including phenoxy) is 2. The molecule has 0 saturated carbocycles. The molecule has 0 aromatic heterocycles. The molecular formula is C14H22ClNO2. The lowest BCUT2D eigenvalue weighted by Gasteiger charge is -2.17. The molecule has 0 radical (unpaired) electrons. The van der Waals surface area contributed by atoms with E-state index in [1.165, 1.54) is 0 Å². The molecule has 1 N–H and O–H groups in total. The van der Waals surface area contributed by atoms with Crippen LogP contribution in [0.15, 0.2) is 18.2 Å². The smallest absolute Gasteiger partial charge is 0.142 e. The monoisotopic (exact) mass is 271 g/mol. The first-order valence-electron chi connectivity index (χ1n) is 6.21. The Morgan fingerprint density at radius 3 is 2.61 bits per heavy atom. The van der Waals surface area contributed by atoms with E-state index < -0.39 is 0 Å². The molecule has 0 saturated heterocycles. The molecule has 0 fully saturated rings. The zero-order valence-corrected chi connectivity index (χ0v) is 12.3. The maximum absolute atomic E-state index is 6.18. The van der Waals surface area contributed by atoms with Gasteiger partial charge in [0.15, 0.2) is 0 Å². The quantitative estimate of drug-likeness (QED) is 0.826. The molecule has 1 aromatic carbocycles. The van der Waals surface area contributed by atoms with Gasteiger partial charge in [0.2, 0.25) is 0 Å². The largest absolute Gasteiger partial charge is 0.489 e. The van der Waals surface area contributed by atoms with Gasteiger partial charge in [-0.2, -0.15) is 0 Å². The molecule has 0 aliphatic rings. The van der Waals surface area contributed by atoms with Crippen LogP contribution in [0.3, 0.4) is 0 Å². The molecule has 1 aromatic rings. The fourth-order valence-corrected chi connectivity index (χ4v) is 1.69. The van der Waals surface area contributed by atoms with Crippen LogP contribution >= 0.6 is 11.6 Å². The van der Waals surface area contributed by atoms with Crippen LogP contribution in [0.25, 0.3) is 0 Å². The minimum Gasteiger partial charge on any atom is -0.489 e. The van der Waals surface area contributed by atoms with E-state index in [1.807, 2.05) is 25.1 Å². The number of nitrogens with one attached hydrogen (secondary N) is 1. The number of hydrogen-bond acceptors (Lipinski definition) is 3. The fourth-order valence-electron chi connectivity index (χ4n) is 1.44. The Bertz CT molecular complexity index is 369. The van der Waals surface area contributed by atoms with Crippen molar-refractivity contribution in [1.29, 1.82) is 0 Å². The van der Waals surface area contributed by atoms with Crippen molar-refractivity contribution in [3.63, 3.8) is 0 Å². The average molecular weight is 272 g/mol. The molecule has 1 rings (SSSR count). The van der Waals surface area contributed by atoms with Crippen LogP contribution in [0, 0.1) is 0 Å². The summed E-state index contributed by atoms with van der Waals surface area (Å²) in [6.07, 6.45) is 0.0483. The summed E-state index contributed by atoms with van der Waals surface area (Å²) < 4.78 is 10.9. The van der Waals surface area contributed by atoms with E-state index >= 15 is 0 Å². The van der Waals surface area contributed by atoms with Crippen molar-refractivity contribution >= 4 is 11.6 Å². The minimum atomic E-state index is 0.0483. The van der Waals surface area contributed by atoms with E-state index in [0.29, 0.717) is 17.7 Å². The predicted molar refractivity (Wildman–Crippen MR) is 75.4 cm³/mol. The Hall–Kier alpha value is -0.770. The van der Waals surface area contributed by atoms with Gasteiger partial charge in [-0.25, -0.2) is 0 Å². The van der Waals surface area contributed by atoms with Crippen LogP contribution < -0.4 is 10.1 Å². The molecule has 1 atom stereocenters. The van der Waals surface area contributed by atoms with Crippen molar-refractivity contribution in [1.82, 2.24) is 5.32 Å². The Labute approximate surface area is 114 Å². The van der Waals surface area contributed by atoms with Gasteiger partial charge in [-0.1, -0.05) is 37.6 Å². The molecular weight excluding hydrogens is 250 g/mol. The van der Waals surface area contributed by atoms with Gasteiger partial charge in [-0.15, -0.1) is 0 Å². The number of benzene rings is 1. The zero-order valence-electron chi connectivity index (χ0n) is 11.5. The van der Waals surface area contributed by atoms with E-state index in [9.17, 15) is 0 Å². The van der Waals surface area contributed by atoms with Crippen molar-refractivity contribution in [2.24, 2.45) is 0 Å². The zero-order chi connectivity index (χ0) is 13.5. The maximum Gasteiger partial charge on any atom is 0.142 e. The predicted octanol–water partition coefficient (Wildman–Crippen LogP) is 3.25. The Kier molecular flexibility index (Phi) is 6.47. The Morgan fingerprint density at radius 1 is 1.28 bits per heavy atom. The topological polar surface area (TPSA) is 30.5 Å². The van der Waals surface area contributed by atoms with Gasteiger partial charge in [0.05, 0.1) is 11.1 Å². The summed E-state index contributed by atoms with van der Waals surface area (Å²) in [5, 5.41) is 4.00. The highest BCUT2D eigenvalue weighted by Crippen LogP contribution is 2.28. The Balaban J connectivity index is 2.73. The van der Waals surface area contributed by atoms with Gasteiger partial charge in [-0.05, 0) is 13.0 Å². The molecule has 3 nitrogen and oxygen atoms in total. The normalized spacial score (nSPS) is 12.8. The lowest BCUT2D eigenvalue weighted by Crippen LogP contribution is -2.23. The number of hydrogen-bond donors (Lipinski definition) is 1. The molecule has 102 valence electrons. The Morgan fingerprint density at radius 2 is 2.00 bits per heavy atom. The molecule has 0 amide bonds. The van der Waals surface area contributed by atoms with Gasteiger partial charge in [0.25, 0.3) is 0 Å². The molecule has 0 bridgehead atoms. The summed E-state index contributed by atoms with van der Waals surface area (Å²) in [6, 6.07) is 6.22. The second-order valence-corrected chi connectivity index (χ2v) is 5.03. The number of methoxy groups -OCH3 is 1. The molecule has 1 unspecified atom stereocenters. The van der Waals surface area contributed by atoms with E-state index in [4.69, 9.17) is 21.1 Å². The van der Waals surface area contributed by atoms with Gasteiger partial charge in [0.1, 0.15) is 12.4 Å². The molecule has 0 heterocycles. The number of halogens is 1. The lowest BCUT2D eigenvalue weighted by atomic mass is 10.2. The first-order valence-corrected chi connectivity index (χ1v) is 6.58. The first kappa shape index (κ1) is 15.3. The highest BCUT2D eigenvalue weighted by molar-refractivity contribution is 6.32. The van der Waals surface area contributed by atoms with E-state index in [2.05, 4.69) is 19.2 Å². The molecule has 18 heavy (non-hydrogen) atoms. The van der Waals surface area contributed by atoms with Crippen LogP contribution in [-0.2, 0) is 11.3 Å². The van der Waals surface area contributed by atoms with Gasteiger partial charge < -0.3 is 14.8 Å². The molecule has 0 aliphatic carbocycles. The van der Waals surface area contributed by atoms with Gasteiger partial charge in [-0.3, -0.25) is 0 Å². The SMILES string of the molecule is COC(C)COc1c(Cl)cccc1CNC(C)C. The standard InChI is InChI=1S/C14H22ClNO2/c1-10(2)16-8-12-6-5-7-13(15)14(12)18-9-11(3)17-4/h5-7,10-11,16H,8-9H2,1-4H3. The van der Waals surface area contributed by atoms with E-state index in [0.717, 1.165) is 17.9 Å². The van der Waals surface area contributed by atoms with Crippen molar-refractivity contribution in [2.45, 2.75) is 39.5 Å². The maximum atomic E-state index is 6.18. The van der Waals surface area contributed by atoms with Crippen molar-refractivity contribution < 1.29 is 9.47 Å². The molecule has 0 spiro atoms. The average Bonchev–Trinajstić information content (AvgIpc) is 2.34. The van der Waals surface area contributed by atoms with Crippen LogP contribution in [0.4, 0.5) is 0 Å². The van der Waals surface area contributed by atoms with Crippen molar-refractivity contribution in [3.8, 4) is 5.75 Å². The summed E-state index contributed by atoms with van der Waals surface area (Å²) >= 11 is 6.18. The third-order valence-electron chi connectivity index (χ3n) is 2.61. The van der Waals surface area contributed by atoms with E-state index in [-0.39, 0.29) is 6.10 Å². The van der Waals surface area contributed by atoms with Gasteiger partial charge in [0, 0.05) is 25.3 Å². The van der Waals surface area contributed by atoms with Crippen LogP contribution in [-0.4, -0.2) is 25.9 Å². The second kappa shape index (κ2) is 7.62. The highest BCUT2D eigenvalue weighted by atomic mass is 35.5. The number of rotatable bonds is 7. The first-order chi connectivity index (χ1) is 8.54. The summed E-state index contributed by atoms with van der Waals surface area (Å²) in [7, 11) is 1.67. The highest BCUT2D eigenvalue weighted by Gasteiger charge is 2.10. The summed E-state index contributed by atoms with van der Waals surface area (Å²) in [5.41, 5.74) is 1.07. The summed E-state index contributed by atoms with van der Waals surface area (Å²) in [4.78, 5) is 0. The van der Waals surface area contributed by atoms with Crippen molar-refractivity contribution in [2.75, 3.05) is 13.7 Å². The lowest BCUT2D eigenvalue weighted by molar-refractivity contribution is 0.0713.